The summed E-state index contributed by atoms with van der Waals surface area (Å²) < 4.78 is 29.0. The second-order valence-electron chi connectivity index (χ2n) is 8.76. The Morgan fingerprint density at radius 2 is 1.72 bits per heavy atom. The van der Waals surface area contributed by atoms with Crippen molar-refractivity contribution in [3.8, 4) is 11.8 Å². The molecule has 0 amide bonds. The normalized spacial score (nSPS) is 18.3. The average Bonchev–Trinajstić information content (AvgIpc) is 2.87. The monoisotopic (exact) mass is 500 g/mol. The number of Topliss-reactive ketones (excluding diaryl/α,β-unsaturated/α-hetero) is 1. The van der Waals surface area contributed by atoms with Crippen LogP contribution in [0.5, 0.6) is 5.75 Å². The average molecular weight is 501 g/mol. The number of carbonyl (C=O) groups excluding carboxylic acids is 1. The lowest BCUT2D eigenvalue weighted by Gasteiger charge is -2.40. The van der Waals surface area contributed by atoms with Crippen molar-refractivity contribution in [1.29, 1.82) is 5.26 Å². The van der Waals surface area contributed by atoms with Gasteiger partial charge in [-0.3, -0.25) is 9.69 Å². The first-order chi connectivity index (χ1) is 17.3. The summed E-state index contributed by atoms with van der Waals surface area (Å²) in [7, 11) is -2.27. The quantitative estimate of drug-likeness (QED) is 0.555. The van der Waals surface area contributed by atoms with E-state index < -0.39 is 15.9 Å². The Hall–Kier alpha value is -4.13. The number of rotatable bonds is 4. The van der Waals surface area contributed by atoms with Gasteiger partial charge in [0.15, 0.2) is 5.78 Å². The van der Waals surface area contributed by atoms with Crippen LogP contribution in [0.25, 0.3) is 10.8 Å². The van der Waals surface area contributed by atoms with Gasteiger partial charge in [-0.2, -0.15) is 5.26 Å². The number of primary sulfonamides is 1. The maximum Gasteiger partial charge on any atom is 0.238 e. The van der Waals surface area contributed by atoms with Gasteiger partial charge < -0.3 is 10.5 Å². The molecule has 0 saturated heterocycles. The molecule has 9 heteroatoms. The van der Waals surface area contributed by atoms with Crippen molar-refractivity contribution in [3.05, 3.63) is 88.9 Å². The van der Waals surface area contributed by atoms with E-state index in [1.807, 2.05) is 36.4 Å². The first kappa shape index (κ1) is 23.6. The van der Waals surface area contributed by atoms with Crippen molar-refractivity contribution < 1.29 is 17.9 Å². The molecule has 1 atom stereocenters. The molecule has 4 N–H and O–H groups in total. The van der Waals surface area contributed by atoms with Crippen LogP contribution >= 0.6 is 0 Å². The summed E-state index contributed by atoms with van der Waals surface area (Å²) in [4.78, 5) is 15.1. The number of fused-ring (bicyclic) bond motifs is 1. The fourth-order valence-electron chi connectivity index (χ4n) is 5.20. The molecule has 0 radical (unpaired) electrons. The predicted octanol–water partition coefficient (Wildman–Crippen LogP) is 3.80. The molecule has 0 fully saturated rings. The van der Waals surface area contributed by atoms with E-state index in [0.29, 0.717) is 36.3 Å². The maximum absolute atomic E-state index is 13.4. The number of carbonyl (C=O) groups is 1. The number of ether oxygens (including phenoxy) is 1. The number of anilines is 1. The van der Waals surface area contributed by atoms with Crippen molar-refractivity contribution in [2.75, 3.05) is 12.0 Å². The number of hydrogen-bond acceptors (Lipinski definition) is 7. The summed E-state index contributed by atoms with van der Waals surface area (Å²) in [5.74, 6) is 0.238. The van der Waals surface area contributed by atoms with Crippen molar-refractivity contribution >= 4 is 32.3 Å². The molecule has 0 saturated carbocycles. The highest BCUT2D eigenvalue weighted by molar-refractivity contribution is 7.89. The van der Waals surface area contributed by atoms with Crippen LogP contribution in [0.4, 0.5) is 5.69 Å². The fraction of sp³-hybridized carbons (Fsp3) is 0.185. The van der Waals surface area contributed by atoms with Crippen LogP contribution in [0.3, 0.4) is 0 Å². The molecule has 182 valence electrons. The lowest BCUT2D eigenvalue weighted by molar-refractivity contribution is -0.116. The second kappa shape index (κ2) is 8.82. The van der Waals surface area contributed by atoms with E-state index in [0.717, 1.165) is 22.0 Å². The number of nitriles is 1. The van der Waals surface area contributed by atoms with Crippen LogP contribution in [0.2, 0.25) is 0 Å². The van der Waals surface area contributed by atoms with Gasteiger partial charge in [0, 0.05) is 28.8 Å². The van der Waals surface area contributed by atoms with Crippen LogP contribution in [-0.4, -0.2) is 21.3 Å². The zero-order valence-corrected chi connectivity index (χ0v) is 20.4. The predicted molar refractivity (Wildman–Crippen MR) is 136 cm³/mol. The third-order valence-corrected chi connectivity index (χ3v) is 7.71. The fourth-order valence-corrected chi connectivity index (χ4v) is 5.72. The van der Waals surface area contributed by atoms with E-state index in [1.165, 1.54) is 12.1 Å². The van der Waals surface area contributed by atoms with Gasteiger partial charge in [-0.25, -0.2) is 13.6 Å². The number of methoxy groups -OCH3 is 1. The summed E-state index contributed by atoms with van der Waals surface area (Å²) in [5.41, 5.74) is 9.51. The minimum atomic E-state index is -3.87. The van der Waals surface area contributed by atoms with Gasteiger partial charge in [-0.15, -0.1) is 0 Å². The molecule has 5 rings (SSSR count). The third-order valence-electron chi connectivity index (χ3n) is 6.79. The van der Waals surface area contributed by atoms with Gasteiger partial charge >= 0.3 is 0 Å². The highest BCUT2D eigenvalue weighted by Gasteiger charge is 2.41. The summed E-state index contributed by atoms with van der Waals surface area (Å²) in [6.45, 7) is 0. The molecular formula is C27H24N4O4S. The third kappa shape index (κ3) is 3.71. The summed E-state index contributed by atoms with van der Waals surface area (Å²) >= 11 is 0. The molecule has 0 spiro atoms. The van der Waals surface area contributed by atoms with E-state index in [2.05, 4.69) is 6.07 Å². The van der Waals surface area contributed by atoms with E-state index in [4.69, 9.17) is 15.6 Å². The molecule has 2 aliphatic rings. The Morgan fingerprint density at radius 1 is 1.03 bits per heavy atom. The molecule has 1 aliphatic carbocycles. The molecule has 36 heavy (non-hydrogen) atoms. The first-order valence-electron chi connectivity index (χ1n) is 11.4. The van der Waals surface area contributed by atoms with Crippen LogP contribution < -0.4 is 20.5 Å². The van der Waals surface area contributed by atoms with E-state index >= 15 is 0 Å². The van der Waals surface area contributed by atoms with Gasteiger partial charge in [0.25, 0.3) is 0 Å². The summed E-state index contributed by atoms with van der Waals surface area (Å²) in [5, 5.41) is 17.3. The number of sulfonamides is 1. The molecule has 3 aromatic rings. The lowest BCUT2D eigenvalue weighted by atomic mass is 9.74. The Labute approximate surface area is 209 Å². The molecule has 1 aliphatic heterocycles. The maximum atomic E-state index is 13.4. The van der Waals surface area contributed by atoms with Crippen molar-refractivity contribution in [3.63, 3.8) is 0 Å². The van der Waals surface area contributed by atoms with Crippen LogP contribution in [-0.2, 0) is 14.8 Å². The smallest absolute Gasteiger partial charge is 0.238 e. The van der Waals surface area contributed by atoms with Crippen molar-refractivity contribution in [1.82, 2.24) is 0 Å². The number of benzene rings is 3. The Bertz CT molecular complexity index is 1620. The van der Waals surface area contributed by atoms with E-state index in [1.54, 1.807) is 24.1 Å². The van der Waals surface area contributed by atoms with Gasteiger partial charge in [0.1, 0.15) is 11.6 Å². The zero-order chi connectivity index (χ0) is 25.6. The number of hydrogen-bond donors (Lipinski definition) is 2. The highest BCUT2D eigenvalue weighted by atomic mass is 32.2. The number of nitrogens with zero attached hydrogens (tertiary/aromatic N) is 2. The van der Waals surface area contributed by atoms with Gasteiger partial charge in [-0.05, 0) is 54.1 Å². The van der Waals surface area contributed by atoms with Gasteiger partial charge in [0.05, 0.1) is 29.6 Å². The Kier molecular flexibility index (Phi) is 5.79. The van der Waals surface area contributed by atoms with Gasteiger partial charge in [0.2, 0.25) is 10.0 Å². The van der Waals surface area contributed by atoms with E-state index in [-0.39, 0.29) is 22.1 Å². The van der Waals surface area contributed by atoms with Crippen molar-refractivity contribution in [2.24, 2.45) is 10.9 Å². The Morgan fingerprint density at radius 3 is 2.36 bits per heavy atom. The molecule has 1 heterocycles. The molecular weight excluding hydrogens is 476 g/mol. The van der Waals surface area contributed by atoms with Crippen LogP contribution in [0, 0.1) is 11.3 Å². The number of nitrogens with two attached hydrogens (primary N) is 2. The highest BCUT2D eigenvalue weighted by Crippen LogP contribution is 2.48. The van der Waals surface area contributed by atoms with Crippen LogP contribution in [0.15, 0.2) is 88.2 Å². The zero-order valence-electron chi connectivity index (χ0n) is 19.6. The molecule has 8 nitrogen and oxygen atoms in total. The molecule has 1 unspecified atom stereocenters. The number of allylic oxidation sites excluding steroid dienone is 3. The molecule has 0 bridgehead atoms. The largest absolute Gasteiger partial charge is 0.496 e. The SMILES string of the molecule is COc1ccc(C2C(C#N)=C(N)N(c3ccc(S(N)(=O)=O)cc3)C3=C2C(=O)CCC3)c2ccccc12. The van der Waals surface area contributed by atoms with Gasteiger partial charge in [-0.1, -0.05) is 30.3 Å². The Balaban J connectivity index is 1.76. The second-order valence-corrected chi connectivity index (χ2v) is 10.3. The summed E-state index contributed by atoms with van der Waals surface area (Å²) in [6.07, 6.45) is 1.61. The van der Waals surface area contributed by atoms with E-state index in [9.17, 15) is 18.5 Å². The van der Waals surface area contributed by atoms with Crippen LogP contribution in [0.1, 0.15) is 30.7 Å². The first-order valence-corrected chi connectivity index (χ1v) is 13.0. The van der Waals surface area contributed by atoms with Crippen molar-refractivity contribution in [2.45, 2.75) is 30.1 Å². The standard InChI is InChI=1S/C27H24N4O4S/c1-35-24-14-13-20(18-5-2-3-6-19(18)24)25-21(15-28)27(29)31(22-7-4-8-23(32)26(22)25)16-9-11-17(12-10-16)36(30,33)34/h2-3,5-6,9-14,25H,4,7-8,29H2,1H3,(H2,30,33,34). The lowest BCUT2D eigenvalue weighted by Crippen LogP contribution is -2.38. The molecule has 0 aromatic heterocycles. The number of ketones is 1. The summed E-state index contributed by atoms with van der Waals surface area (Å²) in [6, 6.07) is 19.6. The minimum absolute atomic E-state index is 0.0347. The topological polar surface area (TPSA) is 140 Å². The minimum Gasteiger partial charge on any atom is -0.496 e. The molecule has 3 aromatic carbocycles.